The van der Waals surface area contributed by atoms with Gasteiger partial charge in [-0.25, -0.2) is 0 Å². The lowest BCUT2D eigenvalue weighted by molar-refractivity contribution is -0.131. The highest BCUT2D eigenvalue weighted by Crippen LogP contribution is 2.26. The first-order valence-corrected chi connectivity index (χ1v) is 9.59. The van der Waals surface area contributed by atoms with Gasteiger partial charge < -0.3 is 10.6 Å². The molecular formula is C21H31N3O. The van der Waals surface area contributed by atoms with Gasteiger partial charge in [-0.1, -0.05) is 50.3 Å². The smallest absolute Gasteiger partial charge is 0.240 e. The van der Waals surface area contributed by atoms with Crippen molar-refractivity contribution in [2.75, 3.05) is 32.7 Å². The van der Waals surface area contributed by atoms with Crippen LogP contribution < -0.4 is 10.6 Å². The normalized spacial score (nSPS) is 21.6. The molecule has 2 heterocycles. The zero-order chi connectivity index (χ0) is 17.7. The molecule has 1 amide bonds. The third-order valence-corrected chi connectivity index (χ3v) is 5.39. The molecule has 4 heteroatoms. The van der Waals surface area contributed by atoms with E-state index >= 15 is 0 Å². The lowest BCUT2D eigenvalue weighted by atomic mass is 9.85. The van der Waals surface area contributed by atoms with E-state index in [0.717, 1.165) is 52.0 Å². The van der Waals surface area contributed by atoms with E-state index in [-0.39, 0.29) is 11.4 Å². The SMILES string of the molecule is CC(C)C/C=C(\CN1CCC2(CC1)NCCNC2=O)c1ccccc1. The Balaban J connectivity index is 1.65. The van der Waals surface area contributed by atoms with Gasteiger partial charge in [0.1, 0.15) is 5.54 Å². The summed E-state index contributed by atoms with van der Waals surface area (Å²) in [6.45, 7) is 9.05. The second-order valence-electron chi connectivity index (χ2n) is 7.77. The minimum atomic E-state index is -0.330. The maximum atomic E-state index is 12.3. The van der Waals surface area contributed by atoms with Gasteiger partial charge in [-0.2, -0.15) is 0 Å². The first kappa shape index (κ1) is 18.2. The van der Waals surface area contributed by atoms with Gasteiger partial charge in [0.15, 0.2) is 0 Å². The van der Waals surface area contributed by atoms with E-state index in [0.29, 0.717) is 5.92 Å². The molecule has 0 aliphatic carbocycles. The molecule has 136 valence electrons. The second-order valence-corrected chi connectivity index (χ2v) is 7.77. The topological polar surface area (TPSA) is 44.4 Å². The van der Waals surface area contributed by atoms with Gasteiger partial charge >= 0.3 is 0 Å². The first-order valence-electron chi connectivity index (χ1n) is 9.59. The number of hydrogen-bond donors (Lipinski definition) is 2. The van der Waals surface area contributed by atoms with Gasteiger partial charge in [0, 0.05) is 32.7 Å². The van der Waals surface area contributed by atoms with Crippen LogP contribution in [-0.2, 0) is 4.79 Å². The van der Waals surface area contributed by atoms with Crippen molar-refractivity contribution in [1.29, 1.82) is 0 Å². The molecule has 0 saturated carbocycles. The van der Waals surface area contributed by atoms with Crippen LogP contribution in [0.4, 0.5) is 0 Å². The van der Waals surface area contributed by atoms with Crippen LogP contribution in [0.3, 0.4) is 0 Å². The lowest BCUT2D eigenvalue weighted by Gasteiger charge is -2.43. The Bertz CT molecular complexity index is 601. The Morgan fingerprint density at radius 2 is 1.92 bits per heavy atom. The van der Waals surface area contributed by atoms with Crippen molar-refractivity contribution in [3.8, 4) is 0 Å². The van der Waals surface area contributed by atoms with Crippen LogP contribution in [0.25, 0.3) is 5.57 Å². The van der Waals surface area contributed by atoms with Crippen LogP contribution in [0.15, 0.2) is 36.4 Å². The first-order chi connectivity index (χ1) is 12.1. The largest absolute Gasteiger partial charge is 0.353 e. The third kappa shape index (κ3) is 4.50. The fourth-order valence-corrected chi connectivity index (χ4v) is 3.77. The molecule has 3 rings (SSSR count). The van der Waals surface area contributed by atoms with E-state index in [1.165, 1.54) is 11.1 Å². The summed E-state index contributed by atoms with van der Waals surface area (Å²) in [6, 6.07) is 10.7. The van der Waals surface area contributed by atoms with Crippen LogP contribution in [-0.4, -0.2) is 49.1 Å². The summed E-state index contributed by atoms with van der Waals surface area (Å²) in [5, 5.41) is 6.50. The van der Waals surface area contributed by atoms with E-state index in [9.17, 15) is 4.79 Å². The van der Waals surface area contributed by atoms with Crippen molar-refractivity contribution in [2.24, 2.45) is 5.92 Å². The average Bonchev–Trinajstić information content (AvgIpc) is 2.63. The third-order valence-electron chi connectivity index (χ3n) is 5.39. The minimum Gasteiger partial charge on any atom is -0.353 e. The molecule has 0 atom stereocenters. The van der Waals surface area contributed by atoms with Crippen molar-refractivity contribution in [1.82, 2.24) is 15.5 Å². The molecule has 0 bridgehead atoms. The van der Waals surface area contributed by atoms with Gasteiger partial charge in [0.05, 0.1) is 0 Å². The van der Waals surface area contributed by atoms with Gasteiger partial charge in [0.2, 0.25) is 5.91 Å². The highest BCUT2D eigenvalue weighted by atomic mass is 16.2. The lowest BCUT2D eigenvalue weighted by Crippen LogP contribution is -2.66. The summed E-state index contributed by atoms with van der Waals surface area (Å²) in [4.78, 5) is 14.8. The molecule has 0 aromatic heterocycles. The van der Waals surface area contributed by atoms with Crippen molar-refractivity contribution in [2.45, 2.75) is 38.6 Å². The minimum absolute atomic E-state index is 0.192. The highest BCUT2D eigenvalue weighted by molar-refractivity contribution is 5.87. The Morgan fingerprint density at radius 1 is 1.20 bits per heavy atom. The molecule has 2 N–H and O–H groups in total. The van der Waals surface area contributed by atoms with E-state index in [2.05, 4.69) is 65.8 Å². The van der Waals surface area contributed by atoms with Crippen molar-refractivity contribution in [3.63, 3.8) is 0 Å². The number of hydrogen-bond acceptors (Lipinski definition) is 3. The predicted octanol–water partition coefficient (Wildman–Crippen LogP) is 2.67. The van der Waals surface area contributed by atoms with E-state index < -0.39 is 0 Å². The zero-order valence-corrected chi connectivity index (χ0v) is 15.6. The van der Waals surface area contributed by atoms with Crippen LogP contribution in [0, 0.1) is 5.92 Å². The standard InChI is InChI=1S/C21H31N3O/c1-17(2)8-9-19(18-6-4-3-5-7-18)16-24-14-10-21(11-15-24)20(25)22-12-13-23-21/h3-7,9,17,23H,8,10-16H2,1-2H3,(H,22,25)/b19-9+. The summed E-state index contributed by atoms with van der Waals surface area (Å²) in [7, 11) is 0. The van der Waals surface area contributed by atoms with Crippen LogP contribution in [0.1, 0.15) is 38.7 Å². The highest BCUT2D eigenvalue weighted by Gasteiger charge is 2.42. The van der Waals surface area contributed by atoms with E-state index in [1.54, 1.807) is 0 Å². The molecule has 2 aliphatic rings. The van der Waals surface area contributed by atoms with Crippen LogP contribution in [0.5, 0.6) is 0 Å². The second kappa shape index (κ2) is 8.15. The summed E-state index contributed by atoms with van der Waals surface area (Å²) in [6.07, 6.45) is 5.29. The summed E-state index contributed by atoms with van der Waals surface area (Å²) in [5.41, 5.74) is 2.40. The summed E-state index contributed by atoms with van der Waals surface area (Å²) in [5.74, 6) is 0.857. The van der Waals surface area contributed by atoms with Crippen molar-refractivity contribution >= 4 is 11.5 Å². The predicted molar refractivity (Wildman–Crippen MR) is 103 cm³/mol. The number of piperazine rings is 1. The van der Waals surface area contributed by atoms with Crippen molar-refractivity contribution in [3.05, 3.63) is 42.0 Å². The van der Waals surface area contributed by atoms with Gasteiger partial charge in [-0.3, -0.25) is 9.69 Å². The molecule has 1 aromatic rings. The van der Waals surface area contributed by atoms with Crippen LogP contribution >= 0.6 is 0 Å². The molecular weight excluding hydrogens is 310 g/mol. The fourth-order valence-electron chi connectivity index (χ4n) is 3.77. The maximum Gasteiger partial charge on any atom is 0.240 e. The Morgan fingerprint density at radius 3 is 2.56 bits per heavy atom. The summed E-state index contributed by atoms with van der Waals surface area (Å²) >= 11 is 0. The van der Waals surface area contributed by atoms with Gasteiger partial charge in [-0.05, 0) is 36.3 Å². The molecule has 2 fully saturated rings. The molecule has 4 nitrogen and oxygen atoms in total. The van der Waals surface area contributed by atoms with Gasteiger partial charge in [-0.15, -0.1) is 0 Å². The number of rotatable bonds is 5. The summed E-state index contributed by atoms with van der Waals surface area (Å²) < 4.78 is 0. The Hall–Kier alpha value is -1.65. The van der Waals surface area contributed by atoms with E-state index in [4.69, 9.17) is 0 Å². The average molecular weight is 341 g/mol. The number of allylic oxidation sites excluding steroid dienone is 1. The fraction of sp³-hybridized carbons (Fsp3) is 0.571. The number of carbonyl (C=O) groups is 1. The molecule has 0 radical (unpaired) electrons. The molecule has 0 unspecified atom stereocenters. The zero-order valence-electron chi connectivity index (χ0n) is 15.6. The molecule has 1 spiro atoms. The van der Waals surface area contributed by atoms with Gasteiger partial charge in [0.25, 0.3) is 0 Å². The Labute approximate surface area is 151 Å². The molecule has 2 aliphatic heterocycles. The Kier molecular flexibility index (Phi) is 5.92. The number of piperidine rings is 1. The molecule has 2 saturated heterocycles. The maximum absolute atomic E-state index is 12.3. The monoisotopic (exact) mass is 341 g/mol. The van der Waals surface area contributed by atoms with Crippen LogP contribution in [0.2, 0.25) is 0 Å². The molecule has 25 heavy (non-hydrogen) atoms. The number of likely N-dealkylation sites (tertiary alicyclic amines) is 1. The quantitative estimate of drug-likeness (QED) is 0.865. The number of nitrogens with one attached hydrogen (secondary N) is 2. The van der Waals surface area contributed by atoms with Crippen molar-refractivity contribution < 1.29 is 4.79 Å². The number of benzene rings is 1. The molecule has 1 aromatic carbocycles. The number of carbonyl (C=O) groups excluding carboxylic acids is 1. The number of nitrogens with zero attached hydrogens (tertiary/aromatic N) is 1. The number of amides is 1. The van der Waals surface area contributed by atoms with E-state index in [1.807, 2.05) is 0 Å².